The maximum Gasteiger partial charge on any atom is 2.00 e. The molecule has 0 aromatic rings. The van der Waals surface area contributed by atoms with E-state index in [1.165, 1.54) is 6.08 Å². The van der Waals surface area contributed by atoms with Crippen molar-refractivity contribution in [2.24, 2.45) is 0 Å². The van der Waals surface area contributed by atoms with E-state index in [1.807, 2.05) is 0 Å². The van der Waals surface area contributed by atoms with Gasteiger partial charge < -0.3 is 19.6 Å². The molecule has 0 aliphatic carbocycles. The summed E-state index contributed by atoms with van der Waals surface area (Å²) in [6.07, 6.45) is 2.24. The van der Waals surface area contributed by atoms with Gasteiger partial charge >= 0.3 is 17.4 Å². The van der Waals surface area contributed by atoms with Crippen molar-refractivity contribution in [1.29, 1.82) is 0 Å². The third kappa shape index (κ3) is 13.6. The monoisotopic (exact) mass is 106 g/mol. The molecule has 0 aromatic carbocycles. The molecule has 0 fully saturated rings. The SMILES string of the molecule is [CH-]=CC[CH2-].[Cr+2]. The summed E-state index contributed by atoms with van der Waals surface area (Å²) in [5.41, 5.74) is 0. The number of hydrogen-bond acceptors (Lipinski definition) is 0. The molecular weight excluding hydrogens is 100 g/mol. The quantitative estimate of drug-likeness (QED) is 0.440. The zero-order valence-corrected chi connectivity index (χ0v) is 4.25. The van der Waals surface area contributed by atoms with Gasteiger partial charge in [0.1, 0.15) is 0 Å². The summed E-state index contributed by atoms with van der Waals surface area (Å²) >= 11 is 0. The Balaban J connectivity index is 0. The van der Waals surface area contributed by atoms with Crippen LogP contribution in [0, 0.1) is 13.5 Å². The van der Waals surface area contributed by atoms with Crippen molar-refractivity contribution in [1.82, 2.24) is 0 Å². The van der Waals surface area contributed by atoms with E-state index in [0.29, 0.717) is 0 Å². The van der Waals surface area contributed by atoms with Crippen LogP contribution in [0.25, 0.3) is 0 Å². The molecule has 0 aliphatic rings. The molecule has 1 heteroatoms. The van der Waals surface area contributed by atoms with Gasteiger partial charge in [0.15, 0.2) is 0 Å². The summed E-state index contributed by atoms with van der Waals surface area (Å²) in [7, 11) is 0. The Bertz CT molecular complexity index is 17.6. The predicted molar refractivity (Wildman–Crippen MR) is 18.8 cm³/mol. The van der Waals surface area contributed by atoms with Crippen LogP contribution in [0.1, 0.15) is 6.42 Å². The standard InChI is InChI=1S/C4H6.Cr/c1-3-4-2;/h1,3H,2,4H2;/q-2;+2. The van der Waals surface area contributed by atoms with Crippen LogP contribution >= 0.6 is 0 Å². The Morgan fingerprint density at radius 3 is 2.00 bits per heavy atom. The summed E-state index contributed by atoms with van der Waals surface area (Å²) in [4.78, 5) is 0. The molecule has 0 radical (unpaired) electrons. The third-order valence-electron chi connectivity index (χ3n) is 0.167. The van der Waals surface area contributed by atoms with E-state index in [9.17, 15) is 0 Å². The van der Waals surface area contributed by atoms with Crippen molar-refractivity contribution >= 4 is 0 Å². The molecule has 5 heavy (non-hydrogen) atoms. The van der Waals surface area contributed by atoms with Crippen LogP contribution in [-0.2, 0) is 17.4 Å². The van der Waals surface area contributed by atoms with Gasteiger partial charge in [-0.15, -0.1) is 0 Å². The summed E-state index contributed by atoms with van der Waals surface area (Å²) in [6.45, 7) is 8.26. The van der Waals surface area contributed by atoms with Crippen molar-refractivity contribution in [3.05, 3.63) is 19.6 Å². The van der Waals surface area contributed by atoms with Gasteiger partial charge in [0.25, 0.3) is 0 Å². The molecule has 0 rings (SSSR count). The van der Waals surface area contributed by atoms with Gasteiger partial charge in [0, 0.05) is 0 Å². The van der Waals surface area contributed by atoms with E-state index in [-0.39, 0.29) is 17.4 Å². The minimum atomic E-state index is 0. The van der Waals surface area contributed by atoms with Gasteiger partial charge in [-0.05, 0) is 0 Å². The molecule has 0 unspecified atom stereocenters. The molecule has 0 bridgehead atoms. The minimum absolute atomic E-state index is 0. The molecule has 0 saturated carbocycles. The Morgan fingerprint density at radius 2 is 2.00 bits per heavy atom. The largest absolute Gasteiger partial charge is 2.00 e. The van der Waals surface area contributed by atoms with E-state index >= 15 is 0 Å². The molecule has 0 nitrogen and oxygen atoms in total. The van der Waals surface area contributed by atoms with Gasteiger partial charge in [-0.3, -0.25) is 0 Å². The summed E-state index contributed by atoms with van der Waals surface area (Å²) < 4.78 is 0. The maximum atomic E-state index is 4.84. The predicted octanol–water partition coefficient (Wildman–Crippen LogP) is 1.20. The Morgan fingerprint density at radius 1 is 1.80 bits per heavy atom. The Kier molecular flexibility index (Phi) is 15.9. The fourth-order valence-corrected chi connectivity index (χ4v) is 0. The minimum Gasteiger partial charge on any atom is -0.520 e. The zero-order valence-electron chi connectivity index (χ0n) is 2.98. The van der Waals surface area contributed by atoms with Crippen LogP contribution in [0.3, 0.4) is 0 Å². The smallest absolute Gasteiger partial charge is 0.520 e. The second kappa shape index (κ2) is 8.86. The average Bonchev–Trinajstić information content (AvgIpc) is 1.37. The number of allylic oxidation sites excluding steroid dienone is 1. The normalized spacial score (nSPS) is 5.00. The number of hydrogen-bond donors (Lipinski definition) is 0. The van der Waals surface area contributed by atoms with Gasteiger partial charge in [0.05, 0.1) is 0 Å². The second-order valence-electron chi connectivity index (χ2n) is 0.524. The first-order valence-corrected chi connectivity index (χ1v) is 1.24. The van der Waals surface area contributed by atoms with E-state index < -0.39 is 0 Å². The molecular formula is C4H6Cr. The van der Waals surface area contributed by atoms with Crippen LogP contribution in [0.15, 0.2) is 6.08 Å². The molecule has 0 aromatic heterocycles. The van der Waals surface area contributed by atoms with E-state index in [4.69, 9.17) is 6.58 Å². The fourth-order valence-electron chi connectivity index (χ4n) is 0. The van der Waals surface area contributed by atoms with Crippen LogP contribution in [0.2, 0.25) is 0 Å². The summed E-state index contributed by atoms with van der Waals surface area (Å²) in [5, 5.41) is 0. The van der Waals surface area contributed by atoms with Crippen LogP contribution in [0.5, 0.6) is 0 Å². The second-order valence-corrected chi connectivity index (χ2v) is 0.524. The molecule has 0 aliphatic heterocycles. The molecule has 0 atom stereocenters. The van der Waals surface area contributed by atoms with E-state index in [2.05, 4.69) is 6.92 Å². The van der Waals surface area contributed by atoms with Gasteiger partial charge in [-0.2, -0.15) is 6.42 Å². The fraction of sp³-hybridized carbons (Fsp3) is 0.250. The van der Waals surface area contributed by atoms with Crippen molar-refractivity contribution in [2.75, 3.05) is 0 Å². The van der Waals surface area contributed by atoms with Crippen LogP contribution in [-0.4, -0.2) is 0 Å². The molecule has 0 heterocycles. The molecule has 0 N–H and O–H groups in total. The summed E-state index contributed by atoms with van der Waals surface area (Å²) in [6, 6.07) is 0. The first-order valence-electron chi connectivity index (χ1n) is 1.24. The van der Waals surface area contributed by atoms with E-state index in [1.54, 1.807) is 0 Å². The van der Waals surface area contributed by atoms with Crippen molar-refractivity contribution in [2.45, 2.75) is 6.42 Å². The molecule has 0 saturated heterocycles. The first kappa shape index (κ1) is 8.99. The molecule has 0 amide bonds. The van der Waals surface area contributed by atoms with Crippen LogP contribution < -0.4 is 0 Å². The van der Waals surface area contributed by atoms with Crippen molar-refractivity contribution in [3.63, 3.8) is 0 Å². The van der Waals surface area contributed by atoms with Crippen LogP contribution in [0.4, 0.5) is 0 Å². The summed E-state index contributed by atoms with van der Waals surface area (Å²) in [5.74, 6) is 0. The molecule has 0 spiro atoms. The number of rotatable bonds is 1. The van der Waals surface area contributed by atoms with Gasteiger partial charge in [0.2, 0.25) is 0 Å². The van der Waals surface area contributed by atoms with Gasteiger partial charge in [-0.25, -0.2) is 0 Å². The van der Waals surface area contributed by atoms with Gasteiger partial charge in [-0.1, -0.05) is 0 Å². The third-order valence-corrected chi connectivity index (χ3v) is 0.167. The van der Waals surface area contributed by atoms with Crippen molar-refractivity contribution < 1.29 is 17.4 Å². The maximum absolute atomic E-state index is 4.84. The first-order chi connectivity index (χ1) is 1.91. The van der Waals surface area contributed by atoms with E-state index in [0.717, 1.165) is 6.42 Å². The topological polar surface area (TPSA) is 0 Å². The Labute approximate surface area is 44.0 Å². The average molecular weight is 106 g/mol. The molecule has 28 valence electrons. The Hall–Kier alpha value is 0.272. The zero-order chi connectivity index (χ0) is 3.41. The van der Waals surface area contributed by atoms with Crippen molar-refractivity contribution in [3.8, 4) is 0 Å².